The highest BCUT2D eigenvalue weighted by Gasteiger charge is 2.10. The van der Waals surface area contributed by atoms with E-state index in [1.807, 2.05) is 38.1 Å². The van der Waals surface area contributed by atoms with E-state index < -0.39 is 0 Å². The number of anilines is 2. The lowest BCUT2D eigenvalue weighted by atomic mass is 10.1. The molecule has 0 aliphatic carbocycles. The number of nitrogens with zero attached hydrogens (tertiary/aromatic N) is 2. The molecular formula is C28H33ClN6O2. The summed E-state index contributed by atoms with van der Waals surface area (Å²) in [6.45, 7) is 5.42. The molecule has 6 N–H and O–H groups in total. The number of nitrogens with two attached hydrogens (primary N) is 2. The van der Waals surface area contributed by atoms with Gasteiger partial charge in [-0.15, -0.1) is 12.4 Å². The van der Waals surface area contributed by atoms with Crippen molar-refractivity contribution in [2.75, 3.05) is 23.7 Å². The first kappa shape index (κ1) is 29.1. The minimum Gasteiger partial charge on any atom is -0.384 e. The number of amides is 2. The molecular weight excluding hydrogens is 488 g/mol. The highest BCUT2D eigenvalue weighted by Crippen LogP contribution is 2.15. The molecule has 0 aromatic heterocycles. The van der Waals surface area contributed by atoms with Crippen LogP contribution in [0.5, 0.6) is 0 Å². The molecule has 0 aliphatic heterocycles. The summed E-state index contributed by atoms with van der Waals surface area (Å²) in [7, 11) is 0. The van der Waals surface area contributed by atoms with E-state index in [0.29, 0.717) is 47.3 Å². The maximum absolute atomic E-state index is 12.6. The highest BCUT2D eigenvalue weighted by molar-refractivity contribution is 6.07. The zero-order valence-electron chi connectivity index (χ0n) is 21.0. The van der Waals surface area contributed by atoms with Crippen molar-refractivity contribution in [3.63, 3.8) is 0 Å². The average Bonchev–Trinajstić information content (AvgIpc) is 2.91. The number of halogens is 1. The van der Waals surface area contributed by atoms with Gasteiger partial charge < -0.3 is 22.1 Å². The van der Waals surface area contributed by atoms with E-state index in [9.17, 15) is 9.59 Å². The van der Waals surface area contributed by atoms with Gasteiger partial charge in [-0.05, 0) is 85.6 Å². The summed E-state index contributed by atoms with van der Waals surface area (Å²) >= 11 is 0. The van der Waals surface area contributed by atoms with Crippen LogP contribution >= 0.6 is 12.4 Å². The van der Waals surface area contributed by atoms with Crippen molar-refractivity contribution in [1.29, 1.82) is 0 Å². The molecule has 0 radical (unpaired) electrons. The first-order valence-corrected chi connectivity index (χ1v) is 11.9. The summed E-state index contributed by atoms with van der Waals surface area (Å²) in [5, 5.41) is 5.69. The maximum Gasteiger partial charge on any atom is 0.255 e. The predicted octanol–water partition coefficient (Wildman–Crippen LogP) is 4.84. The minimum atomic E-state index is -0.278. The van der Waals surface area contributed by atoms with Crippen LogP contribution in [0, 0.1) is 0 Å². The maximum atomic E-state index is 12.6. The van der Waals surface area contributed by atoms with Gasteiger partial charge in [-0.1, -0.05) is 13.8 Å². The van der Waals surface area contributed by atoms with Crippen molar-refractivity contribution in [2.24, 2.45) is 21.5 Å². The van der Waals surface area contributed by atoms with Crippen LogP contribution in [0.25, 0.3) is 0 Å². The zero-order valence-corrected chi connectivity index (χ0v) is 21.8. The van der Waals surface area contributed by atoms with Gasteiger partial charge in [0.1, 0.15) is 11.7 Å². The van der Waals surface area contributed by atoms with E-state index >= 15 is 0 Å². The normalized spacial score (nSPS) is 11.4. The Balaban J connectivity index is 0.00000481. The second-order valence-electron chi connectivity index (χ2n) is 8.17. The van der Waals surface area contributed by atoms with Crippen LogP contribution in [0.2, 0.25) is 0 Å². The number of carbonyl (C=O) groups is 2. The van der Waals surface area contributed by atoms with Crippen molar-refractivity contribution < 1.29 is 9.59 Å². The van der Waals surface area contributed by atoms with Gasteiger partial charge in [0, 0.05) is 46.7 Å². The predicted molar refractivity (Wildman–Crippen MR) is 154 cm³/mol. The van der Waals surface area contributed by atoms with E-state index in [2.05, 4.69) is 20.6 Å². The van der Waals surface area contributed by atoms with Crippen LogP contribution in [0.1, 0.15) is 58.5 Å². The van der Waals surface area contributed by atoms with Crippen LogP contribution in [0.15, 0.2) is 82.8 Å². The third-order valence-electron chi connectivity index (χ3n) is 5.30. The fraction of sp³-hybridized carbons (Fsp3) is 0.214. The Morgan fingerprint density at radius 2 is 0.892 bits per heavy atom. The molecule has 0 aliphatic rings. The average molecular weight is 521 g/mol. The molecule has 0 saturated heterocycles. The van der Waals surface area contributed by atoms with Gasteiger partial charge in [0.15, 0.2) is 0 Å². The van der Waals surface area contributed by atoms with Gasteiger partial charge in [0.05, 0.1) is 0 Å². The molecule has 3 aromatic carbocycles. The molecule has 0 atom stereocenters. The van der Waals surface area contributed by atoms with Crippen LogP contribution in [0.3, 0.4) is 0 Å². The molecule has 0 bridgehead atoms. The molecule has 8 nitrogen and oxygen atoms in total. The molecule has 0 spiro atoms. The number of nitrogens with one attached hydrogen (secondary N) is 2. The number of hydrogen-bond donors (Lipinski definition) is 4. The van der Waals surface area contributed by atoms with Gasteiger partial charge in [-0.2, -0.15) is 0 Å². The van der Waals surface area contributed by atoms with Gasteiger partial charge in [-0.25, -0.2) is 0 Å². The Hall–Kier alpha value is -4.17. The molecule has 2 amide bonds. The third-order valence-corrected chi connectivity index (χ3v) is 5.30. The monoisotopic (exact) mass is 520 g/mol. The smallest absolute Gasteiger partial charge is 0.255 e. The van der Waals surface area contributed by atoms with Gasteiger partial charge in [-0.3, -0.25) is 19.6 Å². The summed E-state index contributed by atoms with van der Waals surface area (Å²) in [6, 6.07) is 20.8. The molecule has 37 heavy (non-hydrogen) atoms. The fourth-order valence-electron chi connectivity index (χ4n) is 3.28. The van der Waals surface area contributed by atoms with Gasteiger partial charge in [0.25, 0.3) is 11.8 Å². The molecule has 0 fully saturated rings. The number of benzene rings is 3. The summed E-state index contributed by atoms with van der Waals surface area (Å²) < 4.78 is 0. The first-order chi connectivity index (χ1) is 17.4. The highest BCUT2D eigenvalue weighted by atomic mass is 35.5. The van der Waals surface area contributed by atoms with Crippen LogP contribution < -0.4 is 22.1 Å². The van der Waals surface area contributed by atoms with Gasteiger partial charge >= 0.3 is 0 Å². The van der Waals surface area contributed by atoms with Crippen molar-refractivity contribution in [3.8, 4) is 0 Å². The Kier molecular flexibility index (Phi) is 11.3. The second-order valence-corrected chi connectivity index (χ2v) is 8.17. The Morgan fingerprint density at radius 1 is 0.595 bits per heavy atom. The number of carbonyl (C=O) groups excluding carboxylic acids is 2. The Labute approximate surface area is 223 Å². The summed E-state index contributed by atoms with van der Waals surface area (Å²) in [5.41, 5.74) is 15.7. The molecule has 194 valence electrons. The van der Waals surface area contributed by atoms with Crippen LogP contribution in [-0.2, 0) is 0 Å². The Morgan fingerprint density at radius 3 is 1.19 bits per heavy atom. The molecule has 3 rings (SSSR count). The lowest BCUT2D eigenvalue weighted by molar-refractivity contribution is 0.101. The largest absolute Gasteiger partial charge is 0.384 e. The summed E-state index contributed by atoms with van der Waals surface area (Å²) in [5.74, 6) is 0.398. The van der Waals surface area contributed by atoms with E-state index in [1.165, 1.54) is 0 Å². The summed E-state index contributed by atoms with van der Waals surface area (Å²) in [6.07, 6.45) is 1.85. The van der Waals surface area contributed by atoms with Crippen molar-refractivity contribution >= 4 is 47.3 Å². The standard InChI is InChI=1S/C28H32N6O2.ClH/c1-3-17-31-25(29)19-9-13-23(14-10-19)33-27(35)21-5-7-22(8-6-21)28(36)34-24-15-11-20(12-16-24)26(30)32-18-4-2;/h5-16H,3-4,17-18H2,1-2H3,(H2,29,31)(H2,30,32)(H,33,35)(H,34,36);1H. The van der Waals surface area contributed by atoms with Crippen molar-refractivity contribution in [1.82, 2.24) is 0 Å². The van der Waals surface area contributed by atoms with E-state index in [1.54, 1.807) is 48.5 Å². The Bertz CT molecular complexity index is 1140. The lowest BCUT2D eigenvalue weighted by Gasteiger charge is -2.09. The number of amidine groups is 2. The molecule has 0 saturated carbocycles. The first-order valence-electron chi connectivity index (χ1n) is 11.9. The number of hydrogen-bond acceptors (Lipinski definition) is 4. The van der Waals surface area contributed by atoms with Gasteiger partial charge in [0.2, 0.25) is 0 Å². The minimum absolute atomic E-state index is 0. The quantitative estimate of drug-likeness (QED) is 0.224. The third kappa shape index (κ3) is 8.47. The summed E-state index contributed by atoms with van der Waals surface area (Å²) in [4.78, 5) is 33.8. The SMILES string of the molecule is CCCN=C(N)c1ccc(NC(=O)c2ccc(C(=O)Nc3ccc(C(N)=NCCC)cc3)cc2)cc1.Cl. The lowest BCUT2D eigenvalue weighted by Crippen LogP contribution is -2.16. The second kappa shape index (κ2) is 14.4. The molecule has 3 aromatic rings. The molecule has 0 unspecified atom stereocenters. The van der Waals surface area contributed by atoms with Crippen molar-refractivity contribution in [2.45, 2.75) is 26.7 Å². The zero-order chi connectivity index (χ0) is 25.9. The topological polar surface area (TPSA) is 135 Å². The fourth-order valence-corrected chi connectivity index (χ4v) is 3.28. The number of rotatable bonds is 10. The molecule has 0 heterocycles. The van der Waals surface area contributed by atoms with E-state index in [-0.39, 0.29) is 24.2 Å². The number of aliphatic imine (C=N–C) groups is 2. The van der Waals surface area contributed by atoms with E-state index in [0.717, 1.165) is 24.0 Å². The van der Waals surface area contributed by atoms with E-state index in [4.69, 9.17) is 11.5 Å². The molecule has 9 heteroatoms. The van der Waals surface area contributed by atoms with Crippen LogP contribution in [-0.4, -0.2) is 36.6 Å². The van der Waals surface area contributed by atoms with Crippen molar-refractivity contribution in [3.05, 3.63) is 95.1 Å². The van der Waals surface area contributed by atoms with Crippen LogP contribution in [0.4, 0.5) is 11.4 Å².